The molecule has 0 aliphatic carbocycles. The monoisotopic (exact) mass is 454 g/mol. The van der Waals surface area contributed by atoms with E-state index in [4.69, 9.17) is 17.0 Å². The fraction of sp³-hybridized carbons (Fsp3) is 0.316. The summed E-state index contributed by atoms with van der Waals surface area (Å²) in [4.78, 5) is 13.6. The summed E-state index contributed by atoms with van der Waals surface area (Å²) in [6, 6.07) is 7.97. The molecule has 0 aliphatic rings. The van der Waals surface area contributed by atoms with Crippen LogP contribution in [-0.2, 0) is 11.2 Å². The number of aromatic nitrogens is 3. The Kier molecular flexibility index (Phi) is 7.16. The number of nitrogens with one attached hydrogen (secondary N) is 2. The number of carbonyl (C=O) groups is 1. The first kappa shape index (κ1) is 21.9. The Balaban J connectivity index is 1.64. The SMILES string of the molecule is COc1ccc(CCNC(=O)C(C)n2c(-c3cccs3)n[nH]c2=S)cc1OC(F)F. The van der Waals surface area contributed by atoms with E-state index in [1.54, 1.807) is 23.6 Å². The molecular formula is C19H20F2N4O3S2. The first-order chi connectivity index (χ1) is 14.4. The zero-order valence-electron chi connectivity index (χ0n) is 16.2. The highest BCUT2D eigenvalue weighted by Crippen LogP contribution is 2.29. The van der Waals surface area contributed by atoms with Crippen LogP contribution in [0.1, 0.15) is 18.5 Å². The lowest BCUT2D eigenvalue weighted by molar-refractivity contribution is -0.123. The molecule has 0 aliphatic heterocycles. The molecule has 1 unspecified atom stereocenters. The third-order valence-electron chi connectivity index (χ3n) is 4.37. The van der Waals surface area contributed by atoms with E-state index in [0.29, 0.717) is 23.6 Å². The summed E-state index contributed by atoms with van der Waals surface area (Å²) in [7, 11) is 1.38. The van der Waals surface area contributed by atoms with E-state index in [0.717, 1.165) is 10.4 Å². The summed E-state index contributed by atoms with van der Waals surface area (Å²) >= 11 is 6.79. The molecule has 1 amide bonds. The Morgan fingerprint density at radius 1 is 1.37 bits per heavy atom. The van der Waals surface area contributed by atoms with Gasteiger partial charge in [0.05, 0.1) is 12.0 Å². The topological polar surface area (TPSA) is 81.2 Å². The molecule has 0 fully saturated rings. The van der Waals surface area contributed by atoms with Crippen LogP contribution in [0.15, 0.2) is 35.7 Å². The number of nitrogens with zero attached hydrogens (tertiary/aromatic N) is 2. The number of amides is 1. The van der Waals surface area contributed by atoms with Crippen molar-refractivity contribution in [1.82, 2.24) is 20.1 Å². The molecule has 0 spiro atoms. The van der Waals surface area contributed by atoms with Crippen LogP contribution >= 0.6 is 23.6 Å². The van der Waals surface area contributed by atoms with E-state index in [2.05, 4.69) is 20.3 Å². The number of carbonyl (C=O) groups excluding carboxylic acids is 1. The van der Waals surface area contributed by atoms with Crippen LogP contribution in [0.3, 0.4) is 0 Å². The first-order valence-corrected chi connectivity index (χ1v) is 10.3. The number of hydrogen-bond acceptors (Lipinski definition) is 6. The van der Waals surface area contributed by atoms with Crippen LogP contribution in [0.2, 0.25) is 0 Å². The van der Waals surface area contributed by atoms with Gasteiger partial charge in [0.1, 0.15) is 6.04 Å². The Morgan fingerprint density at radius 3 is 2.83 bits per heavy atom. The number of ether oxygens (including phenoxy) is 2. The second-order valence-corrected chi connectivity index (χ2v) is 7.61. The number of halogens is 2. The third-order valence-corrected chi connectivity index (χ3v) is 5.52. The highest BCUT2D eigenvalue weighted by Gasteiger charge is 2.21. The number of benzene rings is 1. The Labute approximate surface area is 180 Å². The second kappa shape index (κ2) is 9.81. The van der Waals surface area contributed by atoms with Gasteiger partial charge in [0.15, 0.2) is 22.1 Å². The zero-order chi connectivity index (χ0) is 21.7. The number of H-pyrrole nitrogens is 1. The molecule has 2 N–H and O–H groups in total. The van der Waals surface area contributed by atoms with Crippen molar-refractivity contribution in [1.29, 1.82) is 0 Å². The molecule has 160 valence electrons. The van der Waals surface area contributed by atoms with Crippen molar-refractivity contribution in [3.8, 4) is 22.2 Å². The van der Waals surface area contributed by atoms with Crippen molar-refractivity contribution in [3.63, 3.8) is 0 Å². The number of methoxy groups -OCH3 is 1. The van der Waals surface area contributed by atoms with Gasteiger partial charge in [-0.2, -0.15) is 13.9 Å². The van der Waals surface area contributed by atoms with Gasteiger partial charge in [-0.15, -0.1) is 11.3 Å². The first-order valence-electron chi connectivity index (χ1n) is 9.01. The highest BCUT2D eigenvalue weighted by molar-refractivity contribution is 7.71. The lowest BCUT2D eigenvalue weighted by Gasteiger charge is -2.16. The van der Waals surface area contributed by atoms with Crippen molar-refractivity contribution in [2.45, 2.75) is 26.0 Å². The molecule has 2 aromatic heterocycles. The lowest BCUT2D eigenvalue weighted by Crippen LogP contribution is -2.32. The molecule has 0 saturated carbocycles. The van der Waals surface area contributed by atoms with Gasteiger partial charge < -0.3 is 14.8 Å². The van der Waals surface area contributed by atoms with Gasteiger partial charge in [0, 0.05) is 6.54 Å². The number of hydrogen-bond donors (Lipinski definition) is 2. The molecule has 30 heavy (non-hydrogen) atoms. The molecular weight excluding hydrogens is 434 g/mol. The van der Waals surface area contributed by atoms with Gasteiger partial charge in [-0.05, 0) is 54.7 Å². The molecule has 7 nitrogen and oxygen atoms in total. The summed E-state index contributed by atoms with van der Waals surface area (Å²) in [5.74, 6) is 0.534. The van der Waals surface area contributed by atoms with E-state index in [9.17, 15) is 13.6 Å². The van der Waals surface area contributed by atoms with Crippen LogP contribution in [0.5, 0.6) is 11.5 Å². The molecule has 0 bridgehead atoms. The Bertz CT molecular complexity index is 1050. The van der Waals surface area contributed by atoms with Crippen LogP contribution < -0.4 is 14.8 Å². The fourth-order valence-corrected chi connectivity index (χ4v) is 3.90. The van der Waals surface area contributed by atoms with Gasteiger partial charge in [-0.25, -0.2) is 0 Å². The summed E-state index contributed by atoms with van der Waals surface area (Å²) in [6.07, 6.45) is 0.427. The number of thiophene rings is 1. The van der Waals surface area contributed by atoms with Gasteiger partial charge in [0.25, 0.3) is 0 Å². The predicted octanol–water partition coefficient (Wildman–Crippen LogP) is 4.20. The van der Waals surface area contributed by atoms with Crippen LogP contribution in [0.25, 0.3) is 10.7 Å². The van der Waals surface area contributed by atoms with Crippen molar-refractivity contribution in [2.24, 2.45) is 0 Å². The van der Waals surface area contributed by atoms with Crippen molar-refractivity contribution in [3.05, 3.63) is 46.0 Å². The van der Waals surface area contributed by atoms with Gasteiger partial charge >= 0.3 is 6.61 Å². The van der Waals surface area contributed by atoms with Gasteiger partial charge in [-0.1, -0.05) is 12.1 Å². The molecule has 3 aromatic rings. The maximum atomic E-state index is 12.7. The van der Waals surface area contributed by atoms with E-state index < -0.39 is 12.7 Å². The average Bonchev–Trinajstić information content (AvgIpc) is 3.36. The summed E-state index contributed by atoms with van der Waals surface area (Å²) in [5, 5.41) is 11.7. The average molecular weight is 455 g/mol. The van der Waals surface area contributed by atoms with Crippen LogP contribution in [0.4, 0.5) is 8.78 Å². The lowest BCUT2D eigenvalue weighted by atomic mass is 10.1. The van der Waals surface area contributed by atoms with Crippen LogP contribution in [-0.4, -0.2) is 40.9 Å². The molecule has 3 rings (SSSR count). The molecule has 1 atom stereocenters. The maximum absolute atomic E-state index is 12.7. The molecule has 0 saturated heterocycles. The van der Waals surface area contributed by atoms with Crippen molar-refractivity contribution < 1.29 is 23.0 Å². The van der Waals surface area contributed by atoms with E-state index >= 15 is 0 Å². The van der Waals surface area contributed by atoms with E-state index in [-0.39, 0.29) is 17.4 Å². The number of alkyl halides is 2. The minimum atomic E-state index is -2.95. The zero-order valence-corrected chi connectivity index (χ0v) is 17.9. The van der Waals surface area contributed by atoms with Crippen LogP contribution in [0, 0.1) is 4.77 Å². The third kappa shape index (κ3) is 5.03. The van der Waals surface area contributed by atoms with Gasteiger partial charge in [0.2, 0.25) is 5.91 Å². The minimum absolute atomic E-state index is 0.0463. The minimum Gasteiger partial charge on any atom is -0.493 e. The molecule has 0 radical (unpaired) electrons. The largest absolute Gasteiger partial charge is 0.493 e. The second-order valence-electron chi connectivity index (χ2n) is 6.28. The van der Waals surface area contributed by atoms with Crippen molar-refractivity contribution >= 4 is 29.5 Å². The fourth-order valence-electron chi connectivity index (χ4n) is 2.90. The molecule has 1 aromatic carbocycles. The normalized spacial score (nSPS) is 12.0. The number of rotatable bonds is 9. The predicted molar refractivity (Wildman–Crippen MR) is 112 cm³/mol. The maximum Gasteiger partial charge on any atom is 0.387 e. The van der Waals surface area contributed by atoms with E-state index in [1.165, 1.54) is 24.5 Å². The Morgan fingerprint density at radius 2 is 2.17 bits per heavy atom. The summed E-state index contributed by atoms with van der Waals surface area (Å²) < 4.78 is 36.6. The summed E-state index contributed by atoms with van der Waals surface area (Å²) in [6.45, 7) is -0.908. The molecule has 2 heterocycles. The summed E-state index contributed by atoms with van der Waals surface area (Å²) in [5.41, 5.74) is 0.721. The number of aromatic amines is 1. The van der Waals surface area contributed by atoms with E-state index in [1.807, 2.05) is 17.5 Å². The quantitative estimate of drug-likeness (QED) is 0.474. The smallest absolute Gasteiger partial charge is 0.387 e. The van der Waals surface area contributed by atoms with Crippen molar-refractivity contribution in [2.75, 3.05) is 13.7 Å². The molecule has 11 heteroatoms. The Hall–Kier alpha value is -2.79. The highest BCUT2D eigenvalue weighted by atomic mass is 32.1. The van der Waals surface area contributed by atoms with Gasteiger partial charge in [-0.3, -0.25) is 14.5 Å². The standard InChI is InChI=1S/C19H20F2N4O3S2/c1-11(25-16(23-24-19(25)29)15-4-3-9-30-15)17(26)22-8-7-12-5-6-13(27-2)14(10-12)28-18(20)21/h3-6,9-11,18H,7-8H2,1-2H3,(H,22,26)(H,24,29).